The number of benzene rings is 1. The van der Waals surface area contributed by atoms with Crippen LogP contribution in [0, 0.1) is 5.92 Å². The van der Waals surface area contributed by atoms with Crippen molar-refractivity contribution in [2.24, 2.45) is 5.92 Å². The normalized spacial score (nSPS) is 20.5. The average Bonchev–Trinajstić information content (AvgIpc) is 2.66. The van der Waals surface area contributed by atoms with Crippen LogP contribution in [0.5, 0.6) is 5.75 Å². The maximum Gasteiger partial charge on any atom is 0.136 e. The van der Waals surface area contributed by atoms with Crippen LogP contribution < -0.4 is 4.74 Å². The zero-order valence-electron chi connectivity index (χ0n) is 8.82. The summed E-state index contributed by atoms with van der Waals surface area (Å²) >= 11 is 0. The lowest BCUT2D eigenvalue weighted by molar-refractivity contribution is -0.121. The number of para-hydroxylation sites is 1. The van der Waals surface area contributed by atoms with Crippen molar-refractivity contribution in [1.29, 1.82) is 0 Å². The lowest BCUT2D eigenvalue weighted by atomic mass is 10.0. The number of carbonyl (C=O) groups excluding carboxylic acids is 1. The van der Waals surface area contributed by atoms with Gasteiger partial charge in [-0.05, 0) is 31.4 Å². The monoisotopic (exact) mass is 204 g/mol. The third-order valence-corrected chi connectivity index (χ3v) is 2.91. The van der Waals surface area contributed by atoms with Crippen LogP contribution in [0.1, 0.15) is 25.7 Å². The zero-order valence-corrected chi connectivity index (χ0v) is 8.82. The molecule has 0 bridgehead atoms. The summed E-state index contributed by atoms with van der Waals surface area (Å²) in [6.07, 6.45) is 3.76. The third kappa shape index (κ3) is 2.82. The molecule has 1 aliphatic rings. The van der Waals surface area contributed by atoms with Gasteiger partial charge in [0.2, 0.25) is 0 Å². The van der Waals surface area contributed by atoms with E-state index in [1.54, 1.807) is 0 Å². The van der Waals surface area contributed by atoms with E-state index in [0.717, 1.165) is 31.4 Å². The van der Waals surface area contributed by atoms with Crippen molar-refractivity contribution in [2.45, 2.75) is 25.7 Å². The number of ether oxygens (including phenoxy) is 1. The molecule has 2 heteroatoms. The van der Waals surface area contributed by atoms with E-state index in [2.05, 4.69) is 0 Å². The summed E-state index contributed by atoms with van der Waals surface area (Å²) in [5.74, 6) is 1.57. The number of hydrogen-bond acceptors (Lipinski definition) is 2. The molecule has 1 unspecified atom stereocenters. The summed E-state index contributed by atoms with van der Waals surface area (Å²) in [7, 11) is 0. The van der Waals surface area contributed by atoms with Gasteiger partial charge in [-0.2, -0.15) is 0 Å². The van der Waals surface area contributed by atoms with Gasteiger partial charge in [0.25, 0.3) is 0 Å². The van der Waals surface area contributed by atoms with Crippen molar-refractivity contribution in [3.63, 3.8) is 0 Å². The van der Waals surface area contributed by atoms with E-state index >= 15 is 0 Å². The Morgan fingerprint density at radius 3 is 2.73 bits per heavy atom. The van der Waals surface area contributed by atoms with Crippen LogP contribution in [0.3, 0.4) is 0 Å². The van der Waals surface area contributed by atoms with Crippen LogP contribution in [0.15, 0.2) is 30.3 Å². The third-order valence-electron chi connectivity index (χ3n) is 2.91. The SMILES string of the molecule is O=C1CCCC1CCOc1ccccc1. The molecule has 1 aromatic carbocycles. The van der Waals surface area contributed by atoms with Gasteiger partial charge in [0.1, 0.15) is 11.5 Å². The Morgan fingerprint density at radius 2 is 2.07 bits per heavy atom. The Hall–Kier alpha value is -1.31. The molecule has 2 rings (SSSR count). The Kier molecular flexibility index (Phi) is 3.38. The first kappa shape index (κ1) is 10.2. The standard InChI is InChI=1S/C13H16O2/c14-13-8-4-5-11(13)9-10-15-12-6-2-1-3-7-12/h1-3,6-7,11H,4-5,8-10H2. The second kappa shape index (κ2) is 4.96. The van der Waals surface area contributed by atoms with Crippen molar-refractivity contribution in [3.8, 4) is 5.75 Å². The fourth-order valence-corrected chi connectivity index (χ4v) is 2.03. The molecule has 0 aliphatic heterocycles. The molecule has 80 valence electrons. The predicted octanol–water partition coefficient (Wildman–Crippen LogP) is 2.82. The Morgan fingerprint density at radius 1 is 1.27 bits per heavy atom. The maximum atomic E-state index is 11.4. The van der Waals surface area contributed by atoms with Crippen molar-refractivity contribution in [2.75, 3.05) is 6.61 Å². The molecule has 1 atom stereocenters. The molecule has 0 heterocycles. The van der Waals surface area contributed by atoms with Gasteiger partial charge in [0, 0.05) is 12.3 Å². The maximum absolute atomic E-state index is 11.4. The first-order valence-electron chi connectivity index (χ1n) is 5.57. The number of ketones is 1. The summed E-state index contributed by atoms with van der Waals surface area (Å²) in [5, 5.41) is 0. The first-order chi connectivity index (χ1) is 7.36. The molecule has 0 aromatic heterocycles. The van der Waals surface area contributed by atoms with Crippen LogP contribution in [0.2, 0.25) is 0 Å². The Balaban J connectivity index is 1.73. The number of carbonyl (C=O) groups is 1. The van der Waals surface area contributed by atoms with E-state index in [1.807, 2.05) is 30.3 Å². The van der Waals surface area contributed by atoms with E-state index in [-0.39, 0.29) is 5.92 Å². The second-order valence-electron chi connectivity index (χ2n) is 4.01. The molecule has 0 amide bonds. The van der Waals surface area contributed by atoms with Gasteiger partial charge in [0.05, 0.1) is 6.61 Å². The lowest BCUT2D eigenvalue weighted by Crippen LogP contribution is -2.10. The highest BCUT2D eigenvalue weighted by atomic mass is 16.5. The summed E-state index contributed by atoms with van der Waals surface area (Å²) < 4.78 is 5.56. The molecule has 0 radical (unpaired) electrons. The van der Waals surface area contributed by atoms with Gasteiger partial charge in [-0.1, -0.05) is 18.2 Å². The minimum Gasteiger partial charge on any atom is -0.494 e. The zero-order chi connectivity index (χ0) is 10.5. The second-order valence-corrected chi connectivity index (χ2v) is 4.01. The molecular weight excluding hydrogens is 188 g/mol. The molecule has 15 heavy (non-hydrogen) atoms. The highest BCUT2D eigenvalue weighted by molar-refractivity contribution is 5.82. The summed E-state index contributed by atoms with van der Waals surface area (Å²) in [6, 6.07) is 9.76. The van der Waals surface area contributed by atoms with Gasteiger partial charge in [0.15, 0.2) is 0 Å². The predicted molar refractivity (Wildman–Crippen MR) is 58.9 cm³/mol. The van der Waals surface area contributed by atoms with Gasteiger partial charge >= 0.3 is 0 Å². The lowest BCUT2D eigenvalue weighted by Gasteiger charge is -2.09. The molecule has 2 nitrogen and oxygen atoms in total. The minimum atomic E-state index is 0.258. The van der Waals surface area contributed by atoms with Crippen molar-refractivity contribution in [3.05, 3.63) is 30.3 Å². The number of rotatable bonds is 4. The van der Waals surface area contributed by atoms with E-state index in [0.29, 0.717) is 12.4 Å². The first-order valence-corrected chi connectivity index (χ1v) is 5.57. The molecule has 1 aromatic rings. The highest BCUT2D eigenvalue weighted by Gasteiger charge is 2.23. The largest absolute Gasteiger partial charge is 0.494 e. The van der Waals surface area contributed by atoms with Crippen LogP contribution in [-0.2, 0) is 4.79 Å². The van der Waals surface area contributed by atoms with Gasteiger partial charge < -0.3 is 4.74 Å². The molecule has 0 N–H and O–H groups in total. The van der Waals surface area contributed by atoms with E-state index in [4.69, 9.17) is 4.74 Å². The van der Waals surface area contributed by atoms with Crippen molar-refractivity contribution >= 4 is 5.78 Å². The van der Waals surface area contributed by atoms with Crippen LogP contribution in [0.4, 0.5) is 0 Å². The van der Waals surface area contributed by atoms with E-state index in [1.165, 1.54) is 0 Å². The molecule has 1 aliphatic carbocycles. The van der Waals surface area contributed by atoms with Crippen molar-refractivity contribution < 1.29 is 9.53 Å². The fraction of sp³-hybridized carbons (Fsp3) is 0.462. The van der Waals surface area contributed by atoms with E-state index in [9.17, 15) is 4.79 Å². The van der Waals surface area contributed by atoms with Crippen LogP contribution >= 0.6 is 0 Å². The number of hydrogen-bond donors (Lipinski definition) is 0. The van der Waals surface area contributed by atoms with E-state index < -0.39 is 0 Å². The molecule has 0 saturated heterocycles. The minimum absolute atomic E-state index is 0.258. The topological polar surface area (TPSA) is 26.3 Å². The highest BCUT2D eigenvalue weighted by Crippen LogP contribution is 2.24. The fourth-order valence-electron chi connectivity index (χ4n) is 2.03. The van der Waals surface area contributed by atoms with Gasteiger partial charge in [-0.15, -0.1) is 0 Å². The molecule has 1 saturated carbocycles. The summed E-state index contributed by atoms with van der Waals surface area (Å²) in [5.41, 5.74) is 0. The van der Waals surface area contributed by atoms with Gasteiger partial charge in [-0.3, -0.25) is 4.79 Å². The summed E-state index contributed by atoms with van der Waals surface area (Å²) in [6.45, 7) is 0.653. The Bertz CT molecular complexity index is 319. The molecular formula is C13H16O2. The quantitative estimate of drug-likeness (QED) is 0.753. The van der Waals surface area contributed by atoms with Crippen LogP contribution in [0.25, 0.3) is 0 Å². The number of Topliss-reactive ketones (excluding diaryl/α,β-unsaturated/α-hetero) is 1. The Labute approximate surface area is 90.3 Å². The molecule has 1 fully saturated rings. The average molecular weight is 204 g/mol. The van der Waals surface area contributed by atoms with Crippen LogP contribution in [-0.4, -0.2) is 12.4 Å². The summed E-state index contributed by atoms with van der Waals surface area (Å²) in [4.78, 5) is 11.4. The molecule has 0 spiro atoms. The van der Waals surface area contributed by atoms with Crippen molar-refractivity contribution in [1.82, 2.24) is 0 Å². The van der Waals surface area contributed by atoms with Gasteiger partial charge in [-0.25, -0.2) is 0 Å². The smallest absolute Gasteiger partial charge is 0.136 e.